The van der Waals surface area contributed by atoms with Crippen molar-refractivity contribution in [1.29, 1.82) is 0 Å². The lowest BCUT2D eigenvalue weighted by molar-refractivity contribution is 0.0697. The van der Waals surface area contributed by atoms with Gasteiger partial charge in [-0.1, -0.05) is 12.1 Å². The van der Waals surface area contributed by atoms with E-state index in [1.807, 2.05) is 13.8 Å². The number of hydrogen-bond donors (Lipinski definition) is 2. The molecule has 2 N–H and O–H groups in total. The van der Waals surface area contributed by atoms with Gasteiger partial charge in [0.05, 0.1) is 10.9 Å². The van der Waals surface area contributed by atoms with Crippen LogP contribution in [0.25, 0.3) is 10.2 Å². The number of benzene rings is 1. The van der Waals surface area contributed by atoms with E-state index in [4.69, 9.17) is 16.7 Å². The van der Waals surface area contributed by atoms with E-state index in [1.165, 1.54) is 4.88 Å². The average Bonchev–Trinajstić information content (AvgIpc) is 2.79. The number of carboxylic acid groups (broad SMARTS) is 1. The molecule has 7 heteroatoms. The number of carboxylic acids is 1. The van der Waals surface area contributed by atoms with E-state index in [2.05, 4.69) is 15.3 Å². The van der Waals surface area contributed by atoms with Crippen LogP contribution in [0.15, 0.2) is 24.3 Å². The number of thiophene rings is 1. The fraction of sp³-hybridized carbons (Fsp3) is 0.188. The molecule has 0 aliphatic rings. The number of nitrogens with one attached hydrogen (secondary N) is 1. The van der Waals surface area contributed by atoms with E-state index in [-0.39, 0.29) is 10.8 Å². The fourth-order valence-electron chi connectivity index (χ4n) is 2.30. The van der Waals surface area contributed by atoms with Crippen molar-refractivity contribution in [2.75, 3.05) is 5.32 Å². The largest absolute Gasteiger partial charge is 0.478 e. The minimum Gasteiger partial charge on any atom is -0.478 e. The summed E-state index contributed by atoms with van der Waals surface area (Å²) in [6.07, 6.45) is 0. The molecule has 0 atom stereocenters. The van der Waals surface area contributed by atoms with Crippen LogP contribution in [0.2, 0.25) is 5.28 Å². The zero-order valence-electron chi connectivity index (χ0n) is 12.6. The Balaban J connectivity index is 1.88. The molecule has 3 aromatic rings. The minimum absolute atomic E-state index is 0.211. The molecule has 2 heterocycles. The number of aromatic nitrogens is 2. The van der Waals surface area contributed by atoms with E-state index in [1.54, 1.807) is 35.6 Å². The number of fused-ring (bicyclic) bond motifs is 1. The van der Waals surface area contributed by atoms with Gasteiger partial charge in [-0.2, -0.15) is 0 Å². The Labute approximate surface area is 142 Å². The van der Waals surface area contributed by atoms with Crippen LogP contribution >= 0.6 is 22.9 Å². The summed E-state index contributed by atoms with van der Waals surface area (Å²) >= 11 is 7.60. The van der Waals surface area contributed by atoms with Crippen LogP contribution < -0.4 is 5.32 Å². The van der Waals surface area contributed by atoms with E-state index in [9.17, 15) is 4.79 Å². The quantitative estimate of drug-likeness (QED) is 0.689. The summed E-state index contributed by atoms with van der Waals surface area (Å²) in [6, 6.07) is 6.73. The maximum Gasteiger partial charge on any atom is 0.335 e. The van der Waals surface area contributed by atoms with Gasteiger partial charge in [0, 0.05) is 11.4 Å². The number of carbonyl (C=O) groups is 1. The maximum atomic E-state index is 10.9. The minimum atomic E-state index is -0.932. The number of nitrogens with zero attached hydrogens (tertiary/aromatic N) is 2. The van der Waals surface area contributed by atoms with Crippen molar-refractivity contribution in [1.82, 2.24) is 9.97 Å². The van der Waals surface area contributed by atoms with Crippen molar-refractivity contribution < 1.29 is 9.90 Å². The van der Waals surface area contributed by atoms with Crippen LogP contribution in [-0.4, -0.2) is 21.0 Å². The zero-order valence-corrected chi connectivity index (χ0v) is 14.1. The summed E-state index contributed by atoms with van der Waals surface area (Å²) in [5, 5.41) is 13.4. The maximum absolute atomic E-state index is 10.9. The van der Waals surface area contributed by atoms with Crippen molar-refractivity contribution in [2.24, 2.45) is 0 Å². The first-order valence-corrected chi connectivity index (χ1v) is 8.14. The molecule has 0 fully saturated rings. The van der Waals surface area contributed by atoms with Gasteiger partial charge in [0.1, 0.15) is 10.6 Å². The lowest BCUT2D eigenvalue weighted by Crippen LogP contribution is -2.04. The van der Waals surface area contributed by atoms with Crippen LogP contribution in [0.5, 0.6) is 0 Å². The normalized spacial score (nSPS) is 10.9. The van der Waals surface area contributed by atoms with Gasteiger partial charge in [-0.25, -0.2) is 14.8 Å². The predicted molar refractivity (Wildman–Crippen MR) is 92.6 cm³/mol. The molecule has 0 radical (unpaired) electrons. The summed E-state index contributed by atoms with van der Waals surface area (Å²) in [7, 11) is 0. The summed E-state index contributed by atoms with van der Waals surface area (Å²) in [5.41, 5.74) is 2.37. The Hall–Kier alpha value is -2.18. The number of halogens is 1. The Morgan fingerprint density at radius 3 is 2.61 bits per heavy atom. The van der Waals surface area contributed by atoms with Gasteiger partial charge in [-0.15, -0.1) is 11.3 Å². The Bertz CT molecular complexity index is 890. The highest BCUT2D eigenvalue weighted by Crippen LogP contribution is 2.34. The molecule has 0 aliphatic heterocycles. The molecule has 3 rings (SSSR count). The highest BCUT2D eigenvalue weighted by molar-refractivity contribution is 7.18. The first kappa shape index (κ1) is 15.7. The monoisotopic (exact) mass is 347 g/mol. The van der Waals surface area contributed by atoms with Gasteiger partial charge < -0.3 is 10.4 Å². The zero-order chi connectivity index (χ0) is 16.6. The summed E-state index contributed by atoms with van der Waals surface area (Å²) < 4.78 is 0. The second-order valence-electron chi connectivity index (χ2n) is 5.16. The average molecular weight is 348 g/mol. The van der Waals surface area contributed by atoms with Crippen LogP contribution in [0, 0.1) is 13.8 Å². The van der Waals surface area contributed by atoms with Gasteiger partial charge in [-0.05, 0) is 48.7 Å². The molecule has 0 saturated heterocycles. The van der Waals surface area contributed by atoms with E-state index in [0.29, 0.717) is 12.4 Å². The molecule has 0 unspecified atom stereocenters. The molecule has 23 heavy (non-hydrogen) atoms. The van der Waals surface area contributed by atoms with Gasteiger partial charge in [-0.3, -0.25) is 0 Å². The van der Waals surface area contributed by atoms with Crippen molar-refractivity contribution in [3.05, 3.63) is 51.1 Å². The number of rotatable bonds is 4. The van der Waals surface area contributed by atoms with Crippen molar-refractivity contribution in [2.45, 2.75) is 20.4 Å². The molecular weight excluding hydrogens is 334 g/mol. The van der Waals surface area contributed by atoms with E-state index >= 15 is 0 Å². The highest BCUT2D eigenvalue weighted by Gasteiger charge is 2.14. The van der Waals surface area contributed by atoms with E-state index in [0.717, 1.165) is 21.3 Å². The molecule has 0 aliphatic carbocycles. The summed E-state index contributed by atoms with van der Waals surface area (Å²) in [6.45, 7) is 4.61. The molecule has 0 saturated carbocycles. The lowest BCUT2D eigenvalue weighted by Gasteiger charge is -2.08. The van der Waals surface area contributed by atoms with Crippen molar-refractivity contribution >= 4 is 44.9 Å². The third kappa shape index (κ3) is 3.13. The second kappa shape index (κ2) is 6.14. The standard InChI is InChI=1S/C16H14ClN3O2S/c1-8-9(2)23-14-12(8)13(19-16(17)20-14)18-7-10-3-5-11(6-4-10)15(21)22/h3-6H,7H2,1-2H3,(H,21,22)(H,18,19,20). The molecule has 0 bridgehead atoms. The van der Waals surface area contributed by atoms with Crippen molar-refractivity contribution in [3.63, 3.8) is 0 Å². The van der Waals surface area contributed by atoms with Crippen LogP contribution in [0.3, 0.4) is 0 Å². The molecule has 5 nitrogen and oxygen atoms in total. The molecular formula is C16H14ClN3O2S. The topological polar surface area (TPSA) is 75.1 Å². The van der Waals surface area contributed by atoms with Gasteiger partial charge in [0.2, 0.25) is 5.28 Å². The first-order valence-electron chi connectivity index (χ1n) is 6.95. The second-order valence-corrected chi connectivity index (χ2v) is 6.70. The number of aromatic carboxylic acids is 1. The van der Waals surface area contributed by atoms with Crippen LogP contribution in [0.4, 0.5) is 5.82 Å². The Kier molecular flexibility index (Phi) is 4.19. The molecule has 2 aromatic heterocycles. The SMILES string of the molecule is Cc1sc2nc(Cl)nc(NCc3ccc(C(=O)O)cc3)c2c1C. The van der Waals surface area contributed by atoms with Gasteiger partial charge in [0.25, 0.3) is 0 Å². The van der Waals surface area contributed by atoms with Gasteiger partial charge >= 0.3 is 5.97 Å². The third-order valence-corrected chi connectivity index (χ3v) is 4.93. The van der Waals surface area contributed by atoms with Gasteiger partial charge in [0.15, 0.2) is 0 Å². The molecule has 1 aromatic carbocycles. The molecule has 118 valence electrons. The molecule has 0 spiro atoms. The third-order valence-electron chi connectivity index (χ3n) is 3.66. The Morgan fingerprint density at radius 2 is 1.96 bits per heavy atom. The van der Waals surface area contributed by atoms with Crippen LogP contribution in [-0.2, 0) is 6.54 Å². The molecule has 0 amide bonds. The fourth-order valence-corrected chi connectivity index (χ4v) is 3.55. The Morgan fingerprint density at radius 1 is 1.26 bits per heavy atom. The van der Waals surface area contributed by atoms with E-state index < -0.39 is 5.97 Å². The lowest BCUT2D eigenvalue weighted by atomic mass is 10.1. The number of anilines is 1. The highest BCUT2D eigenvalue weighted by atomic mass is 35.5. The number of aryl methyl sites for hydroxylation is 2. The summed E-state index contributed by atoms with van der Waals surface area (Å²) in [4.78, 5) is 21.5. The number of hydrogen-bond acceptors (Lipinski definition) is 5. The smallest absolute Gasteiger partial charge is 0.335 e. The van der Waals surface area contributed by atoms with Crippen molar-refractivity contribution in [3.8, 4) is 0 Å². The predicted octanol–water partition coefficient (Wildman–Crippen LogP) is 4.27. The summed E-state index contributed by atoms with van der Waals surface area (Å²) in [5.74, 6) is -0.234. The van der Waals surface area contributed by atoms with Crippen LogP contribution in [0.1, 0.15) is 26.4 Å². The first-order chi connectivity index (χ1) is 11.0.